The number of para-hydroxylation sites is 1. The Bertz CT molecular complexity index is 995. The molecule has 1 aromatic heterocycles. The lowest BCUT2D eigenvalue weighted by atomic mass is 9.97. The van der Waals surface area contributed by atoms with Gasteiger partial charge in [0.2, 0.25) is 0 Å². The summed E-state index contributed by atoms with van der Waals surface area (Å²) in [4.78, 5) is 0. The van der Waals surface area contributed by atoms with E-state index in [9.17, 15) is 0 Å². The number of aryl methyl sites for hydroxylation is 1. The fourth-order valence-corrected chi connectivity index (χ4v) is 3.42. The van der Waals surface area contributed by atoms with Crippen LogP contribution >= 0.6 is 0 Å². The van der Waals surface area contributed by atoms with E-state index in [1.807, 2.05) is 0 Å². The highest BCUT2D eigenvalue weighted by Crippen LogP contribution is 2.35. The van der Waals surface area contributed by atoms with Crippen molar-refractivity contribution in [2.75, 3.05) is 0 Å². The van der Waals surface area contributed by atoms with Crippen molar-refractivity contribution in [3.63, 3.8) is 0 Å². The molecule has 1 heteroatoms. The van der Waals surface area contributed by atoms with Crippen LogP contribution in [-0.2, 0) is 0 Å². The Balaban J connectivity index is 1.98. The van der Waals surface area contributed by atoms with E-state index < -0.39 is 0 Å². The molecule has 0 atom stereocenters. The maximum absolute atomic E-state index is 2.36. The zero-order valence-corrected chi connectivity index (χ0v) is 14.6. The highest BCUT2D eigenvalue weighted by atomic mass is 15.0. The third-order valence-electron chi connectivity index (χ3n) is 4.80. The highest BCUT2D eigenvalue weighted by Gasteiger charge is 2.15. The predicted octanol–water partition coefficient (Wildman–Crippen LogP) is 6.43. The standard InChI is InChI=1S/C24H21N/c1-18-17-24(25(19(18)2)21-13-7-4-8-14-21)23-16-10-9-15-22(23)20-11-5-3-6-12-20/h3-17H,1-2H3. The minimum Gasteiger partial charge on any atom is -0.314 e. The summed E-state index contributed by atoms with van der Waals surface area (Å²) < 4.78 is 2.36. The Kier molecular flexibility index (Phi) is 3.99. The van der Waals surface area contributed by atoms with Gasteiger partial charge in [0.05, 0.1) is 5.69 Å². The van der Waals surface area contributed by atoms with E-state index in [2.05, 4.69) is 109 Å². The third-order valence-corrected chi connectivity index (χ3v) is 4.80. The third kappa shape index (κ3) is 2.78. The number of nitrogens with zero attached hydrogens (tertiary/aromatic N) is 1. The van der Waals surface area contributed by atoms with Crippen LogP contribution < -0.4 is 0 Å². The summed E-state index contributed by atoms with van der Waals surface area (Å²) in [6.07, 6.45) is 0. The average molecular weight is 323 g/mol. The fourth-order valence-electron chi connectivity index (χ4n) is 3.42. The van der Waals surface area contributed by atoms with E-state index in [1.54, 1.807) is 0 Å². The van der Waals surface area contributed by atoms with E-state index in [4.69, 9.17) is 0 Å². The molecular weight excluding hydrogens is 302 g/mol. The lowest BCUT2D eigenvalue weighted by Gasteiger charge is -2.15. The molecule has 4 aromatic rings. The Morgan fingerprint density at radius 2 is 1.16 bits per heavy atom. The van der Waals surface area contributed by atoms with Crippen molar-refractivity contribution in [2.45, 2.75) is 13.8 Å². The summed E-state index contributed by atoms with van der Waals surface area (Å²) in [7, 11) is 0. The van der Waals surface area contributed by atoms with Gasteiger partial charge in [-0.05, 0) is 48.7 Å². The van der Waals surface area contributed by atoms with Gasteiger partial charge in [-0.1, -0.05) is 72.8 Å². The lowest BCUT2D eigenvalue weighted by Crippen LogP contribution is -2.00. The molecule has 0 fully saturated rings. The van der Waals surface area contributed by atoms with Gasteiger partial charge in [0.1, 0.15) is 0 Å². The molecule has 0 spiro atoms. The van der Waals surface area contributed by atoms with Crippen LogP contribution in [0.1, 0.15) is 11.3 Å². The minimum absolute atomic E-state index is 1.20. The first-order valence-corrected chi connectivity index (χ1v) is 8.65. The van der Waals surface area contributed by atoms with E-state index in [0.29, 0.717) is 0 Å². The van der Waals surface area contributed by atoms with Gasteiger partial charge in [0.25, 0.3) is 0 Å². The van der Waals surface area contributed by atoms with Crippen molar-refractivity contribution in [3.8, 4) is 28.1 Å². The quantitative estimate of drug-likeness (QED) is 0.409. The van der Waals surface area contributed by atoms with Gasteiger partial charge in [-0.2, -0.15) is 0 Å². The predicted molar refractivity (Wildman–Crippen MR) is 106 cm³/mol. The zero-order chi connectivity index (χ0) is 17.2. The van der Waals surface area contributed by atoms with E-state index >= 15 is 0 Å². The first-order valence-electron chi connectivity index (χ1n) is 8.65. The van der Waals surface area contributed by atoms with Gasteiger partial charge < -0.3 is 4.57 Å². The van der Waals surface area contributed by atoms with Gasteiger partial charge in [0.15, 0.2) is 0 Å². The Morgan fingerprint density at radius 1 is 0.600 bits per heavy atom. The molecule has 0 bridgehead atoms. The van der Waals surface area contributed by atoms with Crippen molar-refractivity contribution in [2.24, 2.45) is 0 Å². The highest BCUT2D eigenvalue weighted by molar-refractivity contribution is 5.83. The summed E-state index contributed by atoms with van der Waals surface area (Å²) in [6, 6.07) is 32.1. The summed E-state index contributed by atoms with van der Waals surface area (Å²) >= 11 is 0. The molecule has 0 saturated carbocycles. The second kappa shape index (κ2) is 6.45. The van der Waals surface area contributed by atoms with Crippen LogP contribution in [-0.4, -0.2) is 4.57 Å². The molecule has 0 N–H and O–H groups in total. The van der Waals surface area contributed by atoms with E-state index in [0.717, 1.165) is 0 Å². The molecule has 1 nitrogen and oxygen atoms in total. The maximum Gasteiger partial charge on any atom is 0.0540 e. The van der Waals surface area contributed by atoms with Gasteiger partial charge >= 0.3 is 0 Å². The van der Waals surface area contributed by atoms with Gasteiger partial charge in [-0.15, -0.1) is 0 Å². The summed E-state index contributed by atoms with van der Waals surface area (Å²) in [5.41, 5.74) is 8.79. The topological polar surface area (TPSA) is 4.93 Å². The van der Waals surface area contributed by atoms with Crippen molar-refractivity contribution in [3.05, 3.63) is 102 Å². The second-order valence-electron chi connectivity index (χ2n) is 6.38. The lowest BCUT2D eigenvalue weighted by molar-refractivity contribution is 1.01. The van der Waals surface area contributed by atoms with Crippen LogP contribution in [0, 0.1) is 13.8 Å². The molecule has 0 aliphatic carbocycles. The maximum atomic E-state index is 2.36. The van der Waals surface area contributed by atoms with E-state index in [-0.39, 0.29) is 0 Å². The molecular formula is C24H21N. The largest absolute Gasteiger partial charge is 0.314 e. The first kappa shape index (κ1) is 15.5. The fraction of sp³-hybridized carbons (Fsp3) is 0.0833. The number of hydrogen-bond acceptors (Lipinski definition) is 0. The Labute approximate surface area is 149 Å². The monoisotopic (exact) mass is 323 g/mol. The van der Waals surface area contributed by atoms with Crippen molar-refractivity contribution in [1.82, 2.24) is 4.57 Å². The molecule has 0 aliphatic heterocycles. The minimum atomic E-state index is 1.20. The van der Waals surface area contributed by atoms with Crippen molar-refractivity contribution < 1.29 is 0 Å². The van der Waals surface area contributed by atoms with Crippen LogP contribution in [0.2, 0.25) is 0 Å². The number of aromatic nitrogens is 1. The molecule has 0 unspecified atom stereocenters. The first-order chi connectivity index (χ1) is 12.3. The summed E-state index contributed by atoms with van der Waals surface area (Å²) in [5.74, 6) is 0. The molecule has 122 valence electrons. The molecule has 4 rings (SSSR count). The zero-order valence-electron chi connectivity index (χ0n) is 14.6. The molecule has 1 heterocycles. The average Bonchev–Trinajstić information content (AvgIpc) is 2.98. The van der Waals surface area contributed by atoms with Crippen LogP contribution in [0.15, 0.2) is 91.0 Å². The van der Waals surface area contributed by atoms with Gasteiger partial charge in [-0.25, -0.2) is 0 Å². The number of benzene rings is 3. The SMILES string of the molecule is Cc1cc(-c2ccccc2-c2ccccc2)n(-c2ccccc2)c1C. The van der Waals surface area contributed by atoms with Crippen LogP contribution in [0.5, 0.6) is 0 Å². The molecule has 0 aliphatic rings. The Morgan fingerprint density at radius 3 is 1.84 bits per heavy atom. The van der Waals surface area contributed by atoms with Crippen LogP contribution in [0.25, 0.3) is 28.1 Å². The number of rotatable bonds is 3. The Hall–Kier alpha value is -3.06. The molecule has 0 amide bonds. The molecule has 0 saturated heterocycles. The van der Waals surface area contributed by atoms with E-state index in [1.165, 1.54) is 39.3 Å². The second-order valence-corrected chi connectivity index (χ2v) is 6.38. The van der Waals surface area contributed by atoms with Gasteiger partial charge in [-0.3, -0.25) is 0 Å². The molecule has 3 aromatic carbocycles. The normalized spacial score (nSPS) is 10.8. The molecule has 25 heavy (non-hydrogen) atoms. The summed E-state index contributed by atoms with van der Waals surface area (Å²) in [6.45, 7) is 4.38. The van der Waals surface area contributed by atoms with Gasteiger partial charge in [0, 0.05) is 16.9 Å². The van der Waals surface area contributed by atoms with Crippen LogP contribution in [0.4, 0.5) is 0 Å². The van der Waals surface area contributed by atoms with Crippen molar-refractivity contribution >= 4 is 0 Å². The summed E-state index contributed by atoms with van der Waals surface area (Å²) in [5, 5.41) is 0. The number of hydrogen-bond donors (Lipinski definition) is 0. The van der Waals surface area contributed by atoms with Crippen LogP contribution in [0.3, 0.4) is 0 Å². The van der Waals surface area contributed by atoms with Crippen molar-refractivity contribution in [1.29, 1.82) is 0 Å². The smallest absolute Gasteiger partial charge is 0.0540 e. The molecule has 0 radical (unpaired) electrons.